The van der Waals surface area contributed by atoms with Gasteiger partial charge in [0.25, 0.3) is 0 Å². The number of carbonyl (C=O) groups is 1. The van der Waals surface area contributed by atoms with Crippen molar-refractivity contribution in [2.45, 2.75) is 40.3 Å². The molecule has 20 heavy (non-hydrogen) atoms. The number of benzene rings is 1. The van der Waals surface area contributed by atoms with Gasteiger partial charge in [-0.25, -0.2) is 0 Å². The predicted molar refractivity (Wildman–Crippen MR) is 80.3 cm³/mol. The highest BCUT2D eigenvalue weighted by molar-refractivity contribution is 6.31. The minimum Gasteiger partial charge on any atom is -0.492 e. The second kappa shape index (κ2) is 6.95. The highest BCUT2D eigenvalue weighted by atomic mass is 35.5. The number of nitrogens with one attached hydrogen (secondary N) is 1. The third-order valence-corrected chi connectivity index (χ3v) is 3.28. The summed E-state index contributed by atoms with van der Waals surface area (Å²) >= 11 is 6.19. The Morgan fingerprint density at radius 3 is 2.65 bits per heavy atom. The van der Waals surface area contributed by atoms with Crippen molar-refractivity contribution in [1.82, 2.24) is 5.32 Å². The number of rotatable bonds is 7. The van der Waals surface area contributed by atoms with E-state index in [1.807, 2.05) is 13.8 Å². The normalized spacial score (nSPS) is 11.7. The zero-order valence-electron chi connectivity index (χ0n) is 12.4. The van der Waals surface area contributed by atoms with E-state index >= 15 is 0 Å². The maximum atomic E-state index is 11.1. The van der Waals surface area contributed by atoms with Crippen LogP contribution in [0, 0.1) is 5.41 Å². The molecule has 1 aromatic carbocycles. The quantitative estimate of drug-likeness (QED) is 0.811. The lowest BCUT2D eigenvalue weighted by Crippen LogP contribution is -2.31. The van der Waals surface area contributed by atoms with Gasteiger partial charge in [-0.3, -0.25) is 4.79 Å². The lowest BCUT2D eigenvalue weighted by molar-refractivity contribution is -0.148. The van der Waals surface area contributed by atoms with Crippen LogP contribution in [0.25, 0.3) is 0 Å². The van der Waals surface area contributed by atoms with Crippen LogP contribution in [0.4, 0.5) is 0 Å². The summed E-state index contributed by atoms with van der Waals surface area (Å²) < 4.78 is 5.67. The third-order valence-electron chi connectivity index (χ3n) is 2.93. The molecule has 0 unspecified atom stereocenters. The Morgan fingerprint density at radius 2 is 2.10 bits per heavy atom. The van der Waals surface area contributed by atoms with Crippen molar-refractivity contribution < 1.29 is 14.6 Å². The number of carboxylic acid groups (broad SMARTS) is 1. The molecular formula is C15H22ClNO3. The van der Waals surface area contributed by atoms with Crippen molar-refractivity contribution in [2.75, 3.05) is 6.61 Å². The Kier molecular flexibility index (Phi) is 5.84. The highest BCUT2D eigenvalue weighted by Crippen LogP contribution is 2.28. The Morgan fingerprint density at radius 1 is 1.45 bits per heavy atom. The lowest BCUT2D eigenvalue weighted by Gasteiger charge is -2.21. The molecule has 0 aliphatic carbocycles. The second-order valence-electron chi connectivity index (χ2n) is 5.73. The molecule has 0 saturated heterocycles. The third kappa shape index (κ3) is 4.69. The highest BCUT2D eigenvalue weighted by Gasteiger charge is 2.28. The van der Waals surface area contributed by atoms with Crippen molar-refractivity contribution in [2.24, 2.45) is 5.41 Å². The summed E-state index contributed by atoms with van der Waals surface area (Å²) in [5, 5.41) is 13.0. The topological polar surface area (TPSA) is 58.6 Å². The van der Waals surface area contributed by atoms with Gasteiger partial charge in [0.05, 0.1) is 5.41 Å². The zero-order valence-corrected chi connectivity index (χ0v) is 13.1. The molecule has 4 nitrogen and oxygen atoms in total. The van der Waals surface area contributed by atoms with E-state index in [0.29, 0.717) is 23.4 Å². The van der Waals surface area contributed by atoms with Gasteiger partial charge < -0.3 is 15.2 Å². The van der Waals surface area contributed by atoms with Gasteiger partial charge >= 0.3 is 5.97 Å². The number of aliphatic carboxylic acids is 1. The van der Waals surface area contributed by atoms with E-state index in [9.17, 15) is 4.79 Å². The molecule has 0 aliphatic heterocycles. The van der Waals surface area contributed by atoms with Gasteiger partial charge in [0, 0.05) is 23.2 Å². The molecule has 2 N–H and O–H groups in total. The fourth-order valence-corrected chi connectivity index (χ4v) is 1.70. The molecule has 0 fully saturated rings. The van der Waals surface area contributed by atoms with E-state index < -0.39 is 11.4 Å². The first-order valence-corrected chi connectivity index (χ1v) is 6.99. The maximum Gasteiger partial charge on any atom is 0.312 e. The molecule has 0 atom stereocenters. The van der Waals surface area contributed by atoms with Gasteiger partial charge in [-0.05, 0) is 26.0 Å². The Bertz CT molecular complexity index is 472. The molecule has 0 saturated carbocycles. The fourth-order valence-electron chi connectivity index (χ4n) is 1.47. The molecule has 0 aliphatic rings. The molecule has 0 amide bonds. The first-order chi connectivity index (χ1) is 9.24. The lowest BCUT2D eigenvalue weighted by atomic mass is 9.95. The molecule has 1 rings (SSSR count). The SMILES string of the molecule is CC(C)NCc1c(Cl)cccc1OCC(C)(C)C(=O)O. The van der Waals surface area contributed by atoms with Gasteiger partial charge in [-0.2, -0.15) is 0 Å². The number of ether oxygens (including phenoxy) is 1. The summed E-state index contributed by atoms with van der Waals surface area (Å²) in [6, 6.07) is 5.73. The molecular weight excluding hydrogens is 278 g/mol. The average Bonchev–Trinajstić information content (AvgIpc) is 2.34. The van der Waals surface area contributed by atoms with Gasteiger partial charge in [0.2, 0.25) is 0 Å². The summed E-state index contributed by atoms with van der Waals surface area (Å²) in [5.74, 6) is -0.263. The van der Waals surface area contributed by atoms with Crippen LogP contribution in [0.2, 0.25) is 5.02 Å². The Hall–Kier alpha value is -1.26. The Labute approximate surface area is 125 Å². The van der Waals surface area contributed by atoms with E-state index in [2.05, 4.69) is 5.32 Å². The van der Waals surface area contributed by atoms with Gasteiger partial charge in [0.15, 0.2) is 0 Å². The van der Waals surface area contributed by atoms with Crippen LogP contribution in [0.15, 0.2) is 18.2 Å². The molecule has 1 aromatic rings. The van der Waals surface area contributed by atoms with Crippen molar-refractivity contribution >= 4 is 17.6 Å². The van der Waals surface area contributed by atoms with Crippen molar-refractivity contribution in [3.63, 3.8) is 0 Å². The number of hydrogen-bond acceptors (Lipinski definition) is 3. The predicted octanol–water partition coefficient (Wildman–Crippen LogP) is 3.33. The average molecular weight is 300 g/mol. The summed E-state index contributed by atoms with van der Waals surface area (Å²) in [4.78, 5) is 11.1. The van der Waals surface area contributed by atoms with Crippen LogP contribution in [-0.4, -0.2) is 23.7 Å². The number of carboxylic acids is 1. The van der Waals surface area contributed by atoms with E-state index in [1.54, 1.807) is 32.0 Å². The smallest absolute Gasteiger partial charge is 0.312 e. The van der Waals surface area contributed by atoms with Crippen molar-refractivity contribution in [3.05, 3.63) is 28.8 Å². The van der Waals surface area contributed by atoms with Gasteiger partial charge in [-0.15, -0.1) is 0 Å². The molecule has 0 heterocycles. The van der Waals surface area contributed by atoms with Crippen LogP contribution in [0.5, 0.6) is 5.75 Å². The molecule has 112 valence electrons. The van der Waals surface area contributed by atoms with Crippen molar-refractivity contribution in [3.8, 4) is 5.75 Å². The van der Waals surface area contributed by atoms with Crippen LogP contribution in [-0.2, 0) is 11.3 Å². The van der Waals surface area contributed by atoms with Gasteiger partial charge in [-0.1, -0.05) is 31.5 Å². The van der Waals surface area contributed by atoms with Crippen LogP contribution < -0.4 is 10.1 Å². The first-order valence-electron chi connectivity index (χ1n) is 6.61. The van der Waals surface area contributed by atoms with Crippen LogP contribution >= 0.6 is 11.6 Å². The minimum atomic E-state index is -0.939. The fraction of sp³-hybridized carbons (Fsp3) is 0.533. The Balaban J connectivity index is 2.84. The summed E-state index contributed by atoms with van der Waals surface area (Å²) in [6.45, 7) is 8.03. The molecule has 5 heteroatoms. The summed E-state index contributed by atoms with van der Waals surface area (Å²) in [6.07, 6.45) is 0. The summed E-state index contributed by atoms with van der Waals surface area (Å²) in [5.41, 5.74) is -0.0884. The molecule has 0 bridgehead atoms. The maximum absolute atomic E-state index is 11.1. The zero-order chi connectivity index (χ0) is 15.3. The van der Waals surface area contributed by atoms with Gasteiger partial charge in [0.1, 0.15) is 12.4 Å². The van der Waals surface area contributed by atoms with Crippen LogP contribution in [0.3, 0.4) is 0 Å². The minimum absolute atomic E-state index is 0.0946. The van der Waals surface area contributed by atoms with Crippen LogP contribution in [0.1, 0.15) is 33.3 Å². The first kappa shape index (κ1) is 16.8. The number of halogens is 1. The summed E-state index contributed by atoms with van der Waals surface area (Å²) in [7, 11) is 0. The van der Waals surface area contributed by atoms with Crippen molar-refractivity contribution in [1.29, 1.82) is 0 Å². The van der Waals surface area contributed by atoms with E-state index in [-0.39, 0.29) is 6.61 Å². The van der Waals surface area contributed by atoms with E-state index in [1.165, 1.54) is 0 Å². The largest absolute Gasteiger partial charge is 0.492 e. The molecule has 0 spiro atoms. The number of hydrogen-bond donors (Lipinski definition) is 2. The van der Waals surface area contributed by atoms with E-state index in [0.717, 1.165) is 5.56 Å². The van der Waals surface area contributed by atoms with E-state index in [4.69, 9.17) is 21.4 Å². The monoisotopic (exact) mass is 299 g/mol. The molecule has 0 radical (unpaired) electrons. The molecule has 0 aromatic heterocycles. The second-order valence-corrected chi connectivity index (χ2v) is 6.14. The standard InChI is InChI=1S/C15H22ClNO3/c1-10(2)17-8-11-12(16)6-5-7-13(11)20-9-15(3,4)14(18)19/h5-7,10,17H,8-9H2,1-4H3,(H,18,19).